The average Bonchev–Trinajstić information content (AvgIpc) is 2.61. The first-order valence-corrected chi connectivity index (χ1v) is 8.75. The van der Waals surface area contributed by atoms with E-state index in [1.165, 1.54) is 18.0 Å². The normalized spacial score (nSPS) is 10.8. The molecule has 0 fully saturated rings. The third-order valence-corrected chi connectivity index (χ3v) is 4.29. The fourth-order valence-electron chi connectivity index (χ4n) is 2.24. The van der Waals surface area contributed by atoms with Crippen molar-refractivity contribution in [3.05, 3.63) is 62.9 Å². The van der Waals surface area contributed by atoms with Gasteiger partial charge in [-0.15, -0.1) is 0 Å². The van der Waals surface area contributed by atoms with Crippen LogP contribution in [-0.2, 0) is 0 Å². The summed E-state index contributed by atoms with van der Waals surface area (Å²) >= 11 is 7.62. The van der Waals surface area contributed by atoms with E-state index in [1.807, 2.05) is 0 Å². The molecule has 0 spiro atoms. The van der Waals surface area contributed by atoms with Crippen molar-refractivity contribution in [1.82, 2.24) is 19.5 Å². The quantitative estimate of drug-likeness (QED) is 0.418. The summed E-state index contributed by atoms with van der Waals surface area (Å²) in [6.45, 7) is 3.82. The molecule has 128 valence electrons. The highest BCUT2D eigenvalue weighted by Crippen LogP contribution is 2.29. The highest BCUT2D eigenvalue weighted by Gasteiger charge is 2.16. The highest BCUT2D eigenvalue weighted by atomic mass is 35.5. The number of aromatic nitrogens is 4. The topological polar surface area (TPSA) is 89.9 Å². The molecule has 3 rings (SSSR count). The van der Waals surface area contributed by atoms with Gasteiger partial charge in [0.2, 0.25) is 0 Å². The molecule has 1 aromatic carbocycles. The fraction of sp³-hybridized carbons (Fsp3) is 0.125. The molecule has 2 aromatic heterocycles. The monoisotopic (exact) mass is 376 g/mol. The summed E-state index contributed by atoms with van der Waals surface area (Å²) in [5, 5.41) is 0.794. The van der Waals surface area contributed by atoms with Gasteiger partial charge >= 0.3 is 5.69 Å². The summed E-state index contributed by atoms with van der Waals surface area (Å²) < 4.78 is 6.38. The van der Waals surface area contributed by atoms with Crippen molar-refractivity contribution in [2.24, 2.45) is 0 Å². The SMILES string of the molecule is C=CCOc1cccc(-n2c(=O)[nH]c3nc(SC)ncc3c2=O)c1Cl. The molecular weight excluding hydrogens is 364 g/mol. The summed E-state index contributed by atoms with van der Waals surface area (Å²) in [6.07, 6.45) is 4.75. The largest absolute Gasteiger partial charge is 0.488 e. The average molecular weight is 377 g/mol. The molecule has 7 nitrogen and oxygen atoms in total. The molecule has 3 aromatic rings. The number of hydrogen-bond acceptors (Lipinski definition) is 6. The molecule has 0 bridgehead atoms. The van der Waals surface area contributed by atoms with Gasteiger partial charge in [0.05, 0.1) is 5.69 Å². The number of thioether (sulfide) groups is 1. The van der Waals surface area contributed by atoms with Crippen LogP contribution in [0.25, 0.3) is 16.7 Å². The lowest BCUT2D eigenvalue weighted by molar-refractivity contribution is 0.363. The number of fused-ring (bicyclic) bond motifs is 1. The fourth-order valence-corrected chi connectivity index (χ4v) is 2.84. The van der Waals surface area contributed by atoms with Crippen LogP contribution in [0.15, 0.2) is 51.8 Å². The Morgan fingerprint density at radius 2 is 2.24 bits per heavy atom. The van der Waals surface area contributed by atoms with Crippen LogP contribution in [0.2, 0.25) is 5.02 Å². The Hall–Kier alpha value is -2.58. The van der Waals surface area contributed by atoms with Crippen molar-refractivity contribution in [3.63, 3.8) is 0 Å². The van der Waals surface area contributed by atoms with Gasteiger partial charge in [0.25, 0.3) is 5.56 Å². The summed E-state index contributed by atoms with van der Waals surface area (Å²) in [5.74, 6) is 0.347. The lowest BCUT2D eigenvalue weighted by Gasteiger charge is -2.11. The number of aromatic amines is 1. The molecule has 0 unspecified atom stereocenters. The zero-order valence-corrected chi connectivity index (χ0v) is 14.7. The van der Waals surface area contributed by atoms with Crippen LogP contribution in [0.3, 0.4) is 0 Å². The van der Waals surface area contributed by atoms with Crippen LogP contribution >= 0.6 is 23.4 Å². The molecule has 1 N–H and O–H groups in total. The van der Waals surface area contributed by atoms with Gasteiger partial charge < -0.3 is 4.74 Å². The third kappa shape index (κ3) is 3.18. The van der Waals surface area contributed by atoms with E-state index < -0.39 is 11.2 Å². The minimum atomic E-state index is -0.647. The maximum atomic E-state index is 12.8. The van der Waals surface area contributed by atoms with Gasteiger partial charge in [-0.1, -0.05) is 42.1 Å². The zero-order chi connectivity index (χ0) is 18.0. The predicted octanol–water partition coefficient (Wildman–Crippen LogP) is 2.41. The summed E-state index contributed by atoms with van der Waals surface area (Å²) in [7, 11) is 0. The van der Waals surface area contributed by atoms with Crippen LogP contribution in [0.1, 0.15) is 0 Å². The summed E-state index contributed by atoms with van der Waals surface area (Å²) in [6, 6.07) is 4.84. The Bertz CT molecular complexity index is 1080. The second-order valence-corrected chi connectivity index (χ2v) is 6.03. The van der Waals surface area contributed by atoms with Gasteiger partial charge in [0, 0.05) is 6.20 Å². The minimum absolute atomic E-state index is 0.151. The Balaban J connectivity index is 2.25. The zero-order valence-electron chi connectivity index (χ0n) is 13.2. The first kappa shape index (κ1) is 17.2. The predicted molar refractivity (Wildman–Crippen MR) is 98.2 cm³/mol. The number of rotatable bonds is 5. The van der Waals surface area contributed by atoms with Crippen molar-refractivity contribution in [1.29, 1.82) is 0 Å². The lowest BCUT2D eigenvalue weighted by atomic mass is 10.3. The molecule has 9 heteroatoms. The molecule has 0 aliphatic carbocycles. The molecule has 0 saturated carbocycles. The Kier molecular flexibility index (Phi) is 4.91. The van der Waals surface area contributed by atoms with Crippen LogP contribution < -0.4 is 16.0 Å². The smallest absolute Gasteiger partial charge is 0.334 e. The number of nitrogens with zero attached hydrogens (tertiary/aromatic N) is 3. The van der Waals surface area contributed by atoms with E-state index in [-0.39, 0.29) is 28.4 Å². The maximum absolute atomic E-state index is 12.8. The molecule has 25 heavy (non-hydrogen) atoms. The Morgan fingerprint density at radius 3 is 2.96 bits per heavy atom. The van der Waals surface area contributed by atoms with Crippen molar-refractivity contribution in [2.75, 3.05) is 12.9 Å². The number of hydrogen-bond donors (Lipinski definition) is 1. The first-order chi connectivity index (χ1) is 12.1. The van der Waals surface area contributed by atoms with Crippen molar-refractivity contribution in [2.45, 2.75) is 5.16 Å². The van der Waals surface area contributed by atoms with Gasteiger partial charge in [-0.2, -0.15) is 0 Å². The number of benzene rings is 1. The lowest BCUT2D eigenvalue weighted by Crippen LogP contribution is -2.34. The second-order valence-electron chi connectivity index (χ2n) is 4.88. The van der Waals surface area contributed by atoms with Crippen LogP contribution in [0.5, 0.6) is 5.75 Å². The molecule has 0 saturated heterocycles. The van der Waals surface area contributed by atoms with Gasteiger partial charge in [-0.25, -0.2) is 19.3 Å². The second kappa shape index (κ2) is 7.12. The Morgan fingerprint density at radius 1 is 1.44 bits per heavy atom. The third-order valence-electron chi connectivity index (χ3n) is 3.35. The number of halogens is 1. The number of H-pyrrole nitrogens is 1. The van der Waals surface area contributed by atoms with Gasteiger partial charge in [0.1, 0.15) is 22.8 Å². The van der Waals surface area contributed by atoms with Gasteiger partial charge in [-0.3, -0.25) is 9.78 Å². The van der Waals surface area contributed by atoms with E-state index >= 15 is 0 Å². The highest BCUT2D eigenvalue weighted by molar-refractivity contribution is 7.98. The molecule has 2 heterocycles. The number of ether oxygens (including phenoxy) is 1. The Labute approximate surface area is 151 Å². The van der Waals surface area contributed by atoms with Crippen LogP contribution in [-0.4, -0.2) is 32.4 Å². The van der Waals surface area contributed by atoms with E-state index in [0.29, 0.717) is 10.9 Å². The minimum Gasteiger partial charge on any atom is -0.488 e. The van der Waals surface area contributed by atoms with E-state index in [9.17, 15) is 9.59 Å². The van der Waals surface area contributed by atoms with E-state index in [2.05, 4.69) is 21.5 Å². The molecular formula is C16H13ClN4O3S. The van der Waals surface area contributed by atoms with Gasteiger partial charge in [-0.05, 0) is 18.4 Å². The van der Waals surface area contributed by atoms with E-state index in [4.69, 9.17) is 16.3 Å². The van der Waals surface area contributed by atoms with Crippen molar-refractivity contribution < 1.29 is 4.74 Å². The van der Waals surface area contributed by atoms with E-state index in [1.54, 1.807) is 30.5 Å². The van der Waals surface area contributed by atoms with Crippen LogP contribution in [0.4, 0.5) is 0 Å². The van der Waals surface area contributed by atoms with E-state index in [0.717, 1.165) is 4.57 Å². The molecule has 0 aliphatic rings. The van der Waals surface area contributed by atoms with Crippen molar-refractivity contribution >= 4 is 34.4 Å². The summed E-state index contributed by atoms with van der Waals surface area (Å²) in [4.78, 5) is 36.0. The number of nitrogens with one attached hydrogen (secondary N) is 1. The molecule has 0 amide bonds. The maximum Gasteiger partial charge on any atom is 0.334 e. The van der Waals surface area contributed by atoms with Crippen molar-refractivity contribution in [3.8, 4) is 11.4 Å². The summed E-state index contributed by atoms with van der Waals surface area (Å²) in [5.41, 5.74) is -0.814. The molecule has 0 radical (unpaired) electrons. The van der Waals surface area contributed by atoms with Crippen LogP contribution in [0, 0.1) is 0 Å². The van der Waals surface area contributed by atoms with Gasteiger partial charge in [0.15, 0.2) is 10.8 Å². The first-order valence-electron chi connectivity index (χ1n) is 7.15. The standard InChI is InChI=1S/C16H13ClN4O3S/c1-3-7-24-11-6-4-5-10(12(11)17)21-14(22)9-8-18-15(25-2)19-13(9)20-16(21)23/h3-6,8H,1,7H2,2H3,(H,18,19,20,23). The molecule has 0 aliphatic heterocycles. The molecule has 0 atom stereocenters.